The van der Waals surface area contributed by atoms with E-state index in [1.54, 1.807) is 7.05 Å². The van der Waals surface area contributed by atoms with Crippen molar-refractivity contribution < 1.29 is 9.59 Å². The number of aldehydes is 1. The predicted octanol–water partition coefficient (Wildman–Crippen LogP) is 2.00. The van der Waals surface area contributed by atoms with Crippen molar-refractivity contribution in [2.45, 2.75) is 0 Å². The highest BCUT2D eigenvalue weighted by Gasteiger charge is 2.11. The molecular weight excluding hydrogens is 202 g/mol. The predicted molar refractivity (Wildman–Crippen MR) is 63.4 cm³/mol. The van der Waals surface area contributed by atoms with Gasteiger partial charge in [-0.2, -0.15) is 0 Å². The molecule has 0 aliphatic rings. The number of benzene rings is 2. The Morgan fingerprint density at radius 3 is 2.56 bits per heavy atom. The third-order valence-corrected chi connectivity index (χ3v) is 2.56. The van der Waals surface area contributed by atoms with Crippen molar-refractivity contribution >= 4 is 28.7 Å². The van der Waals surface area contributed by atoms with Gasteiger partial charge in [0.25, 0.3) is 5.91 Å². The molecule has 0 saturated heterocycles. The van der Waals surface area contributed by atoms with E-state index < -0.39 is 5.91 Å². The summed E-state index contributed by atoms with van der Waals surface area (Å²) in [6, 6.07) is 13.4. The molecule has 0 heterocycles. The highest BCUT2D eigenvalue weighted by atomic mass is 16.2. The number of hydrogen-bond acceptors (Lipinski definition) is 2. The molecule has 16 heavy (non-hydrogen) atoms. The van der Waals surface area contributed by atoms with Crippen LogP contribution in [-0.4, -0.2) is 19.2 Å². The Bertz CT molecular complexity index is 543. The lowest BCUT2D eigenvalue weighted by Gasteiger charge is -2.16. The Balaban J connectivity index is 2.60. The quantitative estimate of drug-likeness (QED) is 0.565. The van der Waals surface area contributed by atoms with Crippen molar-refractivity contribution in [1.82, 2.24) is 0 Å². The number of amides is 1. The lowest BCUT2D eigenvalue weighted by Crippen LogP contribution is -2.27. The van der Waals surface area contributed by atoms with Crippen LogP contribution < -0.4 is 4.90 Å². The monoisotopic (exact) mass is 213 g/mol. The fraction of sp³-hybridized carbons (Fsp3) is 0.0769. The minimum atomic E-state index is -0.545. The number of anilines is 1. The smallest absolute Gasteiger partial charge is 0.290 e. The van der Waals surface area contributed by atoms with Gasteiger partial charge in [0.05, 0.1) is 5.69 Å². The number of likely N-dealkylation sites (N-methyl/N-ethyl adjacent to an activating group) is 1. The van der Waals surface area contributed by atoms with E-state index in [0.29, 0.717) is 6.29 Å². The molecule has 0 aliphatic carbocycles. The Labute approximate surface area is 93.3 Å². The second-order valence-corrected chi connectivity index (χ2v) is 3.51. The fourth-order valence-corrected chi connectivity index (χ4v) is 1.70. The molecule has 0 N–H and O–H groups in total. The van der Waals surface area contributed by atoms with Crippen molar-refractivity contribution in [2.75, 3.05) is 11.9 Å². The van der Waals surface area contributed by atoms with Crippen molar-refractivity contribution in [1.29, 1.82) is 0 Å². The van der Waals surface area contributed by atoms with Gasteiger partial charge in [-0.15, -0.1) is 0 Å². The highest BCUT2D eigenvalue weighted by Crippen LogP contribution is 2.25. The Morgan fingerprint density at radius 2 is 1.81 bits per heavy atom. The molecule has 0 atom stereocenters. The van der Waals surface area contributed by atoms with Gasteiger partial charge in [-0.3, -0.25) is 9.59 Å². The standard InChI is InChI=1S/C13H11NO2/c1-14(13(16)9-15)12-8-4-6-10-5-2-3-7-11(10)12/h2-9H,1H3. The minimum absolute atomic E-state index is 0.321. The van der Waals surface area contributed by atoms with Crippen LogP contribution in [0.15, 0.2) is 42.5 Å². The van der Waals surface area contributed by atoms with Crippen LogP contribution in [-0.2, 0) is 9.59 Å². The molecule has 0 spiro atoms. The molecule has 0 aliphatic heterocycles. The fourth-order valence-electron chi connectivity index (χ4n) is 1.70. The second-order valence-electron chi connectivity index (χ2n) is 3.51. The van der Waals surface area contributed by atoms with Crippen LogP contribution >= 0.6 is 0 Å². The normalized spacial score (nSPS) is 10.1. The van der Waals surface area contributed by atoms with Gasteiger partial charge in [-0.25, -0.2) is 0 Å². The van der Waals surface area contributed by atoms with Crippen LogP contribution in [0, 0.1) is 0 Å². The molecule has 0 aromatic heterocycles. The highest BCUT2D eigenvalue weighted by molar-refractivity contribution is 6.31. The molecule has 0 fully saturated rings. The van der Waals surface area contributed by atoms with Crippen LogP contribution in [0.5, 0.6) is 0 Å². The molecule has 3 heteroatoms. The summed E-state index contributed by atoms with van der Waals surface area (Å²) in [6.45, 7) is 0. The first kappa shape index (κ1) is 10.4. The van der Waals surface area contributed by atoms with Crippen LogP contribution in [0.1, 0.15) is 0 Å². The van der Waals surface area contributed by atoms with Crippen molar-refractivity contribution in [3.63, 3.8) is 0 Å². The van der Waals surface area contributed by atoms with Crippen LogP contribution in [0.25, 0.3) is 10.8 Å². The lowest BCUT2D eigenvalue weighted by molar-refractivity contribution is -0.129. The van der Waals surface area contributed by atoms with E-state index in [9.17, 15) is 9.59 Å². The summed E-state index contributed by atoms with van der Waals surface area (Å²) in [5.41, 5.74) is 0.746. The molecular formula is C13H11NO2. The Hall–Kier alpha value is -2.16. The van der Waals surface area contributed by atoms with Gasteiger partial charge in [0.15, 0.2) is 0 Å². The minimum Gasteiger partial charge on any atom is -0.309 e. The van der Waals surface area contributed by atoms with Crippen molar-refractivity contribution in [3.05, 3.63) is 42.5 Å². The van der Waals surface area contributed by atoms with Gasteiger partial charge in [0, 0.05) is 12.4 Å². The number of carbonyl (C=O) groups excluding carboxylic acids is 2. The number of hydrogen-bond donors (Lipinski definition) is 0. The third-order valence-electron chi connectivity index (χ3n) is 2.56. The summed E-state index contributed by atoms with van der Waals surface area (Å²) in [7, 11) is 1.60. The zero-order valence-electron chi connectivity index (χ0n) is 8.88. The zero-order chi connectivity index (χ0) is 11.5. The topological polar surface area (TPSA) is 37.4 Å². The summed E-state index contributed by atoms with van der Waals surface area (Å²) in [4.78, 5) is 23.1. The zero-order valence-corrected chi connectivity index (χ0v) is 8.88. The largest absolute Gasteiger partial charge is 0.309 e. The van der Waals surface area contributed by atoms with Gasteiger partial charge >= 0.3 is 0 Å². The molecule has 2 rings (SSSR count). The third kappa shape index (κ3) is 1.67. The van der Waals surface area contributed by atoms with Crippen molar-refractivity contribution in [2.24, 2.45) is 0 Å². The maximum absolute atomic E-state index is 11.3. The summed E-state index contributed by atoms with van der Waals surface area (Å²) in [6.07, 6.45) is 0.321. The Kier molecular flexibility index (Phi) is 2.68. The molecule has 2 aromatic rings. The van der Waals surface area contributed by atoms with E-state index in [2.05, 4.69) is 0 Å². The maximum Gasteiger partial charge on any atom is 0.290 e. The summed E-state index contributed by atoms with van der Waals surface area (Å²) in [5.74, 6) is -0.545. The molecule has 0 unspecified atom stereocenters. The molecule has 0 radical (unpaired) electrons. The van der Waals surface area contributed by atoms with Crippen molar-refractivity contribution in [3.8, 4) is 0 Å². The van der Waals surface area contributed by atoms with Gasteiger partial charge in [-0.05, 0) is 11.5 Å². The first-order valence-electron chi connectivity index (χ1n) is 4.94. The van der Waals surface area contributed by atoms with Gasteiger partial charge in [0.1, 0.15) is 0 Å². The number of carbonyl (C=O) groups is 2. The summed E-state index contributed by atoms with van der Waals surface area (Å²) in [5, 5.41) is 2.01. The average Bonchev–Trinajstić information content (AvgIpc) is 2.36. The number of nitrogens with zero attached hydrogens (tertiary/aromatic N) is 1. The molecule has 0 bridgehead atoms. The number of fused-ring (bicyclic) bond motifs is 1. The van der Waals surface area contributed by atoms with Gasteiger partial charge in [0.2, 0.25) is 6.29 Å². The van der Waals surface area contributed by atoms with E-state index in [-0.39, 0.29) is 0 Å². The lowest BCUT2D eigenvalue weighted by atomic mass is 10.1. The molecule has 3 nitrogen and oxygen atoms in total. The van der Waals surface area contributed by atoms with E-state index >= 15 is 0 Å². The van der Waals surface area contributed by atoms with Gasteiger partial charge < -0.3 is 4.90 Å². The first-order valence-corrected chi connectivity index (χ1v) is 4.94. The second kappa shape index (κ2) is 4.14. The Morgan fingerprint density at radius 1 is 1.12 bits per heavy atom. The number of rotatable bonds is 2. The van der Waals surface area contributed by atoms with Crippen LogP contribution in [0.3, 0.4) is 0 Å². The van der Waals surface area contributed by atoms with Gasteiger partial charge in [-0.1, -0.05) is 36.4 Å². The van der Waals surface area contributed by atoms with E-state index in [1.807, 2.05) is 42.5 Å². The summed E-state index contributed by atoms with van der Waals surface area (Å²) >= 11 is 0. The van der Waals surface area contributed by atoms with E-state index in [0.717, 1.165) is 16.5 Å². The molecule has 2 aromatic carbocycles. The van der Waals surface area contributed by atoms with E-state index in [1.165, 1.54) is 4.90 Å². The van der Waals surface area contributed by atoms with Crippen LogP contribution in [0.2, 0.25) is 0 Å². The average molecular weight is 213 g/mol. The van der Waals surface area contributed by atoms with E-state index in [4.69, 9.17) is 0 Å². The molecule has 80 valence electrons. The van der Waals surface area contributed by atoms with Crippen LogP contribution in [0.4, 0.5) is 5.69 Å². The first-order chi connectivity index (χ1) is 7.74. The molecule has 0 saturated carbocycles. The maximum atomic E-state index is 11.3. The summed E-state index contributed by atoms with van der Waals surface area (Å²) < 4.78 is 0. The SMILES string of the molecule is CN(C(=O)C=O)c1cccc2ccccc12. The molecule has 1 amide bonds.